The topological polar surface area (TPSA) is 34.1 Å². The Morgan fingerprint density at radius 1 is 1.19 bits per heavy atom. The number of aromatic nitrogens is 1. The van der Waals surface area contributed by atoms with Crippen LogP contribution in [0.4, 0.5) is 5.13 Å². The summed E-state index contributed by atoms with van der Waals surface area (Å²) in [5, 5.41) is 5.06. The summed E-state index contributed by atoms with van der Waals surface area (Å²) in [6.07, 6.45) is 0. The molecule has 0 aliphatic rings. The summed E-state index contributed by atoms with van der Waals surface area (Å²) < 4.78 is 6.26. The minimum Gasteiger partial charge on any atom is -0.497 e. The molecule has 0 saturated carbocycles. The molecule has 1 N–H and O–H groups in total. The molecule has 3 nitrogen and oxygen atoms in total. The summed E-state index contributed by atoms with van der Waals surface area (Å²) >= 11 is 7.62. The molecule has 3 aromatic rings. The fraction of sp³-hybridized carbons (Fsp3) is 0.188. The lowest BCUT2D eigenvalue weighted by molar-refractivity contribution is 0.414. The number of anilines is 1. The van der Waals surface area contributed by atoms with Gasteiger partial charge in [-0.25, -0.2) is 4.98 Å². The van der Waals surface area contributed by atoms with Crippen LogP contribution in [-0.4, -0.2) is 12.1 Å². The molecule has 1 unspecified atom stereocenters. The minimum absolute atomic E-state index is 0.173. The van der Waals surface area contributed by atoms with Gasteiger partial charge in [-0.1, -0.05) is 35.1 Å². The highest BCUT2D eigenvalue weighted by atomic mass is 35.5. The lowest BCUT2D eigenvalue weighted by Gasteiger charge is -2.13. The van der Waals surface area contributed by atoms with Crippen molar-refractivity contribution in [2.45, 2.75) is 13.0 Å². The number of benzene rings is 2. The van der Waals surface area contributed by atoms with Crippen LogP contribution in [0.3, 0.4) is 0 Å². The number of rotatable bonds is 4. The Morgan fingerprint density at radius 2 is 1.95 bits per heavy atom. The van der Waals surface area contributed by atoms with Crippen LogP contribution < -0.4 is 10.1 Å². The number of methoxy groups -OCH3 is 1. The molecule has 0 saturated heterocycles. The smallest absolute Gasteiger partial charge is 0.184 e. The maximum Gasteiger partial charge on any atom is 0.184 e. The van der Waals surface area contributed by atoms with Crippen LogP contribution in [0.5, 0.6) is 5.75 Å². The van der Waals surface area contributed by atoms with Gasteiger partial charge < -0.3 is 10.1 Å². The highest BCUT2D eigenvalue weighted by Gasteiger charge is 2.09. The second-order valence-electron chi connectivity index (χ2n) is 4.77. The molecule has 2 aromatic carbocycles. The van der Waals surface area contributed by atoms with Crippen molar-refractivity contribution in [1.29, 1.82) is 0 Å². The summed E-state index contributed by atoms with van der Waals surface area (Å²) in [4.78, 5) is 4.58. The van der Waals surface area contributed by atoms with Crippen molar-refractivity contribution in [1.82, 2.24) is 4.98 Å². The van der Waals surface area contributed by atoms with Gasteiger partial charge in [0, 0.05) is 5.02 Å². The number of ether oxygens (including phenoxy) is 1. The third kappa shape index (κ3) is 3.12. The van der Waals surface area contributed by atoms with E-state index in [2.05, 4.69) is 29.4 Å². The molecule has 0 aliphatic carbocycles. The third-order valence-electron chi connectivity index (χ3n) is 3.31. The monoisotopic (exact) mass is 318 g/mol. The van der Waals surface area contributed by atoms with Crippen LogP contribution in [0.1, 0.15) is 18.5 Å². The van der Waals surface area contributed by atoms with Gasteiger partial charge in [0.2, 0.25) is 0 Å². The van der Waals surface area contributed by atoms with E-state index < -0.39 is 0 Å². The molecule has 1 atom stereocenters. The molecule has 0 amide bonds. The summed E-state index contributed by atoms with van der Waals surface area (Å²) in [6, 6.07) is 14.0. The van der Waals surface area contributed by atoms with E-state index in [1.807, 2.05) is 30.3 Å². The Kier molecular flexibility index (Phi) is 3.99. The summed E-state index contributed by atoms with van der Waals surface area (Å²) in [5.74, 6) is 0.862. The average molecular weight is 319 g/mol. The van der Waals surface area contributed by atoms with Gasteiger partial charge in [-0.15, -0.1) is 0 Å². The van der Waals surface area contributed by atoms with Gasteiger partial charge in [-0.3, -0.25) is 0 Å². The molecule has 1 heterocycles. The Balaban J connectivity index is 1.79. The van der Waals surface area contributed by atoms with E-state index in [0.29, 0.717) is 0 Å². The number of nitrogens with zero attached hydrogens (tertiary/aromatic N) is 1. The first kappa shape index (κ1) is 14.2. The average Bonchev–Trinajstić information content (AvgIpc) is 2.88. The first-order valence-electron chi connectivity index (χ1n) is 6.62. The predicted octanol–water partition coefficient (Wildman–Crippen LogP) is 5.13. The molecule has 5 heteroatoms. The van der Waals surface area contributed by atoms with E-state index in [9.17, 15) is 0 Å². The third-order valence-corrected chi connectivity index (χ3v) is 4.49. The van der Waals surface area contributed by atoms with Crippen molar-refractivity contribution in [2.24, 2.45) is 0 Å². The molecule has 0 spiro atoms. The van der Waals surface area contributed by atoms with E-state index in [1.54, 1.807) is 18.4 Å². The number of nitrogens with one attached hydrogen (secondary N) is 1. The fourth-order valence-electron chi connectivity index (χ4n) is 2.12. The Bertz CT molecular complexity index is 755. The normalized spacial score (nSPS) is 12.3. The second kappa shape index (κ2) is 5.92. The number of fused-ring (bicyclic) bond motifs is 1. The lowest BCUT2D eigenvalue weighted by atomic mass is 10.1. The molecule has 1 aromatic heterocycles. The van der Waals surface area contributed by atoms with Crippen molar-refractivity contribution < 1.29 is 4.74 Å². The Labute approximate surface area is 132 Å². The molecule has 108 valence electrons. The molecular formula is C16H15ClN2OS. The van der Waals surface area contributed by atoms with Crippen molar-refractivity contribution >= 4 is 38.3 Å². The quantitative estimate of drug-likeness (QED) is 0.724. The molecule has 0 radical (unpaired) electrons. The standard InChI is InChI=1S/C16H15ClN2OS/c1-10(11-3-6-13(20-2)7-4-11)18-16-19-14-8-5-12(17)9-15(14)21-16/h3-10H,1-2H3,(H,18,19). The highest BCUT2D eigenvalue weighted by Crippen LogP contribution is 2.30. The van der Waals surface area contributed by atoms with Gasteiger partial charge in [-0.2, -0.15) is 0 Å². The van der Waals surface area contributed by atoms with Crippen LogP contribution in [-0.2, 0) is 0 Å². The van der Waals surface area contributed by atoms with Crippen LogP contribution in [0, 0.1) is 0 Å². The SMILES string of the molecule is COc1ccc(C(C)Nc2nc3ccc(Cl)cc3s2)cc1. The van der Waals surface area contributed by atoms with Crippen molar-refractivity contribution in [3.8, 4) is 5.75 Å². The Morgan fingerprint density at radius 3 is 2.67 bits per heavy atom. The van der Waals surface area contributed by atoms with E-state index in [0.717, 1.165) is 26.1 Å². The zero-order chi connectivity index (χ0) is 14.8. The molecule has 21 heavy (non-hydrogen) atoms. The van der Waals surface area contributed by atoms with Crippen LogP contribution in [0.15, 0.2) is 42.5 Å². The number of hydrogen-bond acceptors (Lipinski definition) is 4. The number of hydrogen-bond donors (Lipinski definition) is 1. The molecule has 0 fully saturated rings. The fourth-order valence-corrected chi connectivity index (χ4v) is 3.35. The number of halogens is 1. The molecular weight excluding hydrogens is 304 g/mol. The van der Waals surface area contributed by atoms with Gasteiger partial charge in [0.05, 0.1) is 23.4 Å². The van der Waals surface area contributed by atoms with E-state index in [1.165, 1.54) is 5.56 Å². The van der Waals surface area contributed by atoms with Gasteiger partial charge >= 0.3 is 0 Å². The minimum atomic E-state index is 0.173. The molecule has 0 aliphatic heterocycles. The highest BCUT2D eigenvalue weighted by molar-refractivity contribution is 7.22. The van der Waals surface area contributed by atoms with Crippen LogP contribution >= 0.6 is 22.9 Å². The van der Waals surface area contributed by atoms with E-state index in [4.69, 9.17) is 16.3 Å². The number of thiazole rings is 1. The van der Waals surface area contributed by atoms with Crippen molar-refractivity contribution in [3.63, 3.8) is 0 Å². The zero-order valence-electron chi connectivity index (χ0n) is 11.8. The Hall–Kier alpha value is -1.78. The summed E-state index contributed by atoms with van der Waals surface area (Å²) in [7, 11) is 1.67. The summed E-state index contributed by atoms with van der Waals surface area (Å²) in [5.41, 5.74) is 2.15. The lowest BCUT2D eigenvalue weighted by Crippen LogP contribution is -2.06. The van der Waals surface area contributed by atoms with Crippen molar-refractivity contribution in [3.05, 3.63) is 53.1 Å². The summed E-state index contributed by atoms with van der Waals surface area (Å²) in [6.45, 7) is 2.11. The predicted molar refractivity (Wildman–Crippen MR) is 89.7 cm³/mol. The zero-order valence-corrected chi connectivity index (χ0v) is 13.3. The second-order valence-corrected chi connectivity index (χ2v) is 6.24. The molecule has 0 bridgehead atoms. The van der Waals surface area contributed by atoms with Gasteiger partial charge in [0.1, 0.15) is 5.75 Å². The first-order chi connectivity index (χ1) is 10.2. The molecule has 3 rings (SSSR count). The van der Waals surface area contributed by atoms with Gasteiger partial charge in [-0.05, 0) is 42.8 Å². The van der Waals surface area contributed by atoms with Crippen LogP contribution in [0.2, 0.25) is 5.02 Å². The van der Waals surface area contributed by atoms with Crippen LogP contribution in [0.25, 0.3) is 10.2 Å². The van der Waals surface area contributed by atoms with Crippen molar-refractivity contribution in [2.75, 3.05) is 12.4 Å². The van der Waals surface area contributed by atoms with Gasteiger partial charge in [0.25, 0.3) is 0 Å². The maximum absolute atomic E-state index is 6.00. The largest absolute Gasteiger partial charge is 0.497 e. The maximum atomic E-state index is 6.00. The van der Waals surface area contributed by atoms with Gasteiger partial charge in [0.15, 0.2) is 5.13 Å². The van der Waals surface area contributed by atoms with E-state index >= 15 is 0 Å². The first-order valence-corrected chi connectivity index (χ1v) is 7.82. The van der Waals surface area contributed by atoms with E-state index in [-0.39, 0.29) is 6.04 Å².